The summed E-state index contributed by atoms with van der Waals surface area (Å²) in [5, 5.41) is 8.34. The molecule has 3 heteroatoms. The van der Waals surface area contributed by atoms with Crippen molar-refractivity contribution < 1.29 is 14.6 Å². The molecule has 0 bridgehead atoms. The summed E-state index contributed by atoms with van der Waals surface area (Å²) in [5.74, 6) is -1.42. The fourth-order valence-corrected chi connectivity index (χ4v) is 0.198. The van der Waals surface area contributed by atoms with Crippen molar-refractivity contribution in [3.8, 4) is 0 Å². The number of allylic oxidation sites excluding steroid dienone is 1. The SMILES string of the molecule is C=C(O)C(=O)O/C=C/C. The van der Waals surface area contributed by atoms with Crippen molar-refractivity contribution in [2.45, 2.75) is 6.92 Å². The van der Waals surface area contributed by atoms with E-state index in [0.717, 1.165) is 0 Å². The molecular formula is C6H8O3. The van der Waals surface area contributed by atoms with E-state index < -0.39 is 11.7 Å². The Morgan fingerprint density at radius 3 is 2.67 bits per heavy atom. The molecule has 0 unspecified atom stereocenters. The van der Waals surface area contributed by atoms with Crippen LogP contribution in [0.1, 0.15) is 6.92 Å². The normalized spacial score (nSPS) is 9.44. The van der Waals surface area contributed by atoms with E-state index in [-0.39, 0.29) is 0 Å². The van der Waals surface area contributed by atoms with E-state index in [2.05, 4.69) is 11.3 Å². The zero-order chi connectivity index (χ0) is 7.28. The summed E-state index contributed by atoms with van der Waals surface area (Å²) < 4.78 is 4.28. The number of carbonyl (C=O) groups is 1. The standard InChI is InChI=1S/C6H8O3/c1-3-4-9-6(8)5(2)7/h3-4,7H,2H2,1H3/b4-3+. The summed E-state index contributed by atoms with van der Waals surface area (Å²) in [6, 6.07) is 0. The van der Waals surface area contributed by atoms with Crippen molar-refractivity contribution >= 4 is 5.97 Å². The van der Waals surface area contributed by atoms with Crippen molar-refractivity contribution in [2.75, 3.05) is 0 Å². The van der Waals surface area contributed by atoms with Gasteiger partial charge in [0.15, 0.2) is 5.76 Å². The van der Waals surface area contributed by atoms with Crippen LogP contribution in [0.2, 0.25) is 0 Å². The molecule has 0 fully saturated rings. The number of esters is 1. The molecule has 0 aliphatic heterocycles. The van der Waals surface area contributed by atoms with Gasteiger partial charge in [0.2, 0.25) is 0 Å². The second-order valence-electron chi connectivity index (χ2n) is 1.32. The van der Waals surface area contributed by atoms with Gasteiger partial charge in [-0.1, -0.05) is 6.08 Å². The molecule has 0 atom stereocenters. The molecule has 0 saturated carbocycles. The van der Waals surface area contributed by atoms with Crippen LogP contribution in [0.3, 0.4) is 0 Å². The van der Waals surface area contributed by atoms with Crippen molar-refractivity contribution in [2.24, 2.45) is 0 Å². The molecule has 0 aliphatic carbocycles. The number of aliphatic hydroxyl groups excluding tert-OH is 1. The third-order valence-electron chi connectivity index (χ3n) is 0.547. The van der Waals surface area contributed by atoms with Gasteiger partial charge in [0.1, 0.15) is 0 Å². The van der Waals surface area contributed by atoms with Crippen molar-refractivity contribution in [1.82, 2.24) is 0 Å². The molecule has 50 valence electrons. The highest BCUT2D eigenvalue weighted by Gasteiger charge is 2.01. The lowest BCUT2D eigenvalue weighted by Crippen LogP contribution is -2.00. The summed E-state index contributed by atoms with van der Waals surface area (Å²) in [7, 11) is 0. The summed E-state index contributed by atoms with van der Waals surface area (Å²) in [6.07, 6.45) is 2.70. The van der Waals surface area contributed by atoms with E-state index in [4.69, 9.17) is 5.11 Å². The largest absolute Gasteiger partial charge is 0.502 e. The molecule has 0 aromatic rings. The minimum atomic E-state index is -0.826. The highest BCUT2D eigenvalue weighted by atomic mass is 16.5. The minimum Gasteiger partial charge on any atom is -0.502 e. The Kier molecular flexibility index (Phi) is 3.20. The van der Waals surface area contributed by atoms with Gasteiger partial charge < -0.3 is 9.84 Å². The summed E-state index contributed by atoms with van der Waals surface area (Å²) in [6.45, 7) is 4.64. The molecular weight excluding hydrogens is 120 g/mol. The van der Waals surface area contributed by atoms with Crippen molar-refractivity contribution in [1.29, 1.82) is 0 Å². The number of hydrogen-bond donors (Lipinski definition) is 1. The second-order valence-corrected chi connectivity index (χ2v) is 1.32. The second kappa shape index (κ2) is 3.72. The topological polar surface area (TPSA) is 46.5 Å². The van der Waals surface area contributed by atoms with E-state index in [1.54, 1.807) is 6.92 Å². The fourth-order valence-electron chi connectivity index (χ4n) is 0.198. The first-order valence-corrected chi connectivity index (χ1v) is 2.38. The van der Waals surface area contributed by atoms with Crippen molar-refractivity contribution in [3.63, 3.8) is 0 Å². The Bertz CT molecular complexity index is 146. The maximum atomic E-state index is 10.3. The van der Waals surface area contributed by atoms with Gasteiger partial charge in [-0.3, -0.25) is 0 Å². The Balaban J connectivity index is 3.65. The number of rotatable bonds is 2. The van der Waals surface area contributed by atoms with E-state index in [0.29, 0.717) is 0 Å². The highest BCUT2D eigenvalue weighted by molar-refractivity contribution is 5.85. The fraction of sp³-hybridized carbons (Fsp3) is 0.167. The predicted molar refractivity (Wildman–Crippen MR) is 32.7 cm³/mol. The molecule has 3 nitrogen and oxygen atoms in total. The smallest absolute Gasteiger partial charge is 0.377 e. The van der Waals surface area contributed by atoms with E-state index >= 15 is 0 Å². The lowest BCUT2D eigenvalue weighted by atomic mass is 10.6. The monoisotopic (exact) mass is 128 g/mol. The van der Waals surface area contributed by atoms with Crippen molar-refractivity contribution in [3.05, 3.63) is 24.7 Å². The van der Waals surface area contributed by atoms with Crippen LogP contribution in [0.15, 0.2) is 24.7 Å². The van der Waals surface area contributed by atoms with Crippen LogP contribution in [0, 0.1) is 0 Å². The highest BCUT2D eigenvalue weighted by Crippen LogP contribution is 1.88. The molecule has 9 heavy (non-hydrogen) atoms. The first kappa shape index (κ1) is 7.75. The molecule has 1 N–H and O–H groups in total. The van der Waals surface area contributed by atoms with E-state index in [9.17, 15) is 4.79 Å². The van der Waals surface area contributed by atoms with Gasteiger partial charge in [0.05, 0.1) is 6.26 Å². The Hall–Kier alpha value is -1.25. The van der Waals surface area contributed by atoms with Gasteiger partial charge in [-0.05, 0) is 13.5 Å². The Morgan fingerprint density at radius 1 is 1.78 bits per heavy atom. The van der Waals surface area contributed by atoms with Gasteiger partial charge in [-0.15, -0.1) is 0 Å². The van der Waals surface area contributed by atoms with Crippen LogP contribution in [-0.4, -0.2) is 11.1 Å². The summed E-state index contributed by atoms with van der Waals surface area (Å²) in [5.41, 5.74) is 0. The first-order chi connectivity index (χ1) is 4.18. The summed E-state index contributed by atoms with van der Waals surface area (Å²) in [4.78, 5) is 10.3. The Labute approximate surface area is 53.3 Å². The van der Waals surface area contributed by atoms with Crippen LogP contribution in [0.4, 0.5) is 0 Å². The third-order valence-corrected chi connectivity index (χ3v) is 0.547. The molecule has 0 radical (unpaired) electrons. The average molecular weight is 128 g/mol. The van der Waals surface area contributed by atoms with Gasteiger partial charge in [0.25, 0.3) is 0 Å². The minimum absolute atomic E-state index is 0.590. The molecule has 0 aromatic heterocycles. The van der Waals surface area contributed by atoms with Crippen LogP contribution >= 0.6 is 0 Å². The number of aliphatic hydroxyl groups is 1. The molecule has 0 rings (SSSR count). The van der Waals surface area contributed by atoms with E-state index in [1.165, 1.54) is 12.3 Å². The van der Waals surface area contributed by atoms with Crippen LogP contribution in [0.5, 0.6) is 0 Å². The third kappa shape index (κ3) is 3.34. The lowest BCUT2D eigenvalue weighted by molar-refractivity contribution is -0.136. The van der Waals surface area contributed by atoms with Gasteiger partial charge >= 0.3 is 5.97 Å². The molecule has 0 heterocycles. The zero-order valence-corrected chi connectivity index (χ0v) is 5.13. The number of carbonyl (C=O) groups excluding carboxylic acids is 1. The number of hydrogen-bond acceptors (Lipinski definition) is 3. The van der Waals surface area contributed by atoms with Gasteiger partial charge in [-0.25, -0.2) is 4.79 Å². The maximum absolute atomic E-state index is 10.3. The average Bonchev–Trinajstić information content (AvgIpc) is 1.82. The summed E-state index contributed by atoms with van der Waals surface area (Å²) >= 11 is 0. The molecule has 0 spiro atoms. The number of ether oxygens (including phenoxy) is 1. The van der Waals surface area contributed by atoms with Crippen LogP contribution in [-0.2, 0) is 9.53 Å². The van der Waals surface area contributed by atoms with Gasteiger partial charge in [0, 0.05) is 0 Å². The molecule has 0 amide bonds. The quantitative estimate of drug-likeness (QED) is 0.344. The maximum Gasteiger partial charge on any atom is 0.377 e. The first-order valence-electron chi connectivity index (χ1n) is 2.38. The lowest BCUT2D eigenvalue weighted by Gasteiger charge is -1.92. The van der Waals surface area contributed by atoms with Gasteiger partial charge in [-0.2, -0.15) is 0 Å². The van der Waals surface area contributed by atoms with E-state index in [1.807, 2.05) is 0 Å². The molecule has 0 aromatic carbocycles. The Morgan fingerprint density at radius 2 is 2.33 bits per heavy atom. The molecule has 0 saturated heterocycles. The predicted octanol–water partition coefficient (Wildman–Crippen LogP) is 1.13. The van der Waals surface area contributed by atoms with Crippen LogP contribution in [0.25, 0.3) is 0 Å². The van der Waals surface area contributed by atoms with Crippen LogP contribution < -0.4 is 0 Å². The molecule has 0 aliphatic rings. The zero-order valence-electron chi connectivity index (χ0n) is 5.13.